The number of imidazole rings is 1. The van der Waals surface area contributed by atoms with Crippen LogP contribution in [-0.4, -0.2) is 40.5 Å². The topological polar surface area (TPSA) is 69.8 Å². The standard InChI is InChI=1S/C17H24N4OS.2ClH/c1-23-10-8-15(19-16(22)11-12-5-4-9-18-12)17-20-13-6-2-3-7-14(13)21-17;;/h2-3,6-7,12,15,18H,4-5,8-11H2,1H3,(H,19,22)(H,20,21);2*1H. The minimum atomic E-state index is -0.0521. The number of nitrogens with zero attached hydrogens (tertiary/aromatic N) is 1. The van der Waals surface area contributed by atoms with Gasteiger partial charge in [-0.15, -0.1) is 24.8 Å². The molecular formula is C17H26Cl2N4OS. The van der Waals surface area contributed by atoms with E-state index in [1.165, 1.54) is 0 Å². The first-order valence-electron chi connectivity index (χ1n) is 8.22. The van der Waals surface area contributed by atoms with Crippen LogP contribution in [0.25, 0.3) is 11.0 Å². The maximum absolute atomic E-state index is 12.4. The van der Waals surface area contributed by atoms with E-state index in [9.17, 15) is 4.79 Å². The third-order valence-electron chi connectivity index (χ3n) is 4.28. The Bertz CT molecular complexity index is 628. The molecule has 5 nitrogen and oxygen atoms in total. The quantitative estimate of drug-likeness (QED) is 0.660. The maximum Gasteiger partial charge on any atom is 0.222 e. The number of carbonyl (C=O) groups excluding carboxylic acids is 1. The summed E-state index contributed by atoms with van der Waals surface area (Å²) in [6, 6.07) is 8.25. The van der Waals surface area contributed by atoms with Gasteiger partial charge in [0.1, 0.15) is 5.82 Å². The molecule has 1 aliphatic rings. The number of fused-ring (bicyclic) bond motifs is 1. The number of H-pyrrole nitrogens is 1. The molecule has 2 heterocycles. The number of nitrogens with one attached hydrogen (secondary N) is 3. The van der Waals surface area contributed by atoms with Gasteiger partial charge < -0.3 is 15.6 Å². The summed E-state index contributed by atoms with van der Waals surface area (Å²) in [4.78, 5) is 20.4. The highest BCUT2D eigenvalue weighted by atomic mass is 35.5. The predicted octanol–water partition coefficient (Wildman–Crippen LogP) is 3.46. The Balaban J connectivity index is 0.00000156. The van der Waals surface area contributed by atoms with Crippen LogP contribution in [0.1, 0.15) is 37.5 Å². The number of thioether (sulfide) groups is 1. The van der Waals surface area contributed by atoms with Crippen molar-refractivity contribution < 1.29 is 4.79 Å². The molecule has 2 atom stereocenters. The molecule has 0 bridgehead atoms. The smallest absolute Gasteiger partial charge is 0.222 e. The maximum atomic E-state index is 12.4. The molecule has 1 amide bonds. The van der Waals surface area contributed by atoms with Crippen LogP contribution >= 0.6 is 36.6 Å². The van der Waals surface area contributed by atoms with Gasteiger partial charge in [0.15, 0.2) is 0 Å². The predicted molar refractivity (Wildman–Crippen MR) is 110 cm³/mol. The number of benzene rings is 1. The van der Waals surface area contributed by atoms with E-state index in [-0.39, 0.29) is 36.8 Å². The van der Waals surface area contributed by atoms with Gasteiger partial charge in [0.25, 0.3) is 0 Å². The Morgan fingerprint density at radius 2 is 2.20 bits per heavy atom. The van der Waals surface area contributed by atoms with Crippen LogP contribution in [0, 0.1) is 0 Å². The number of halogens is 2. The Hall–Kier alpha value is -0.950. The van der Waals surface area contributed by atoms with Crippen LogP contribution in [-0.2, 0) is 4.79 Å². The molecule has 1 fully saturated rings. The van der Waals surface area contributed by atoms with Crippen molar-refractivity contribution >= 4 is 53.5 Å². The molecule has 0 aliphatic carbocycles. The molecule has 1 saturated heterocycles. The summed E-state index contributed by atoms with van der Waals surface area (Å²) < 4.78 is 0. The molecule has 1 aromatic heterocycles. The molecule has 0 spiro atoms. The number of hydrogen-bond donors (Lipinski definition) is 3. The molecule has 1 aromatic carbocycles. The highest BCUT2D eigenvalue weighted by Crippen LogP contribution is 2.20. The van der Waals surface area contributed by atoms with E-state index < -0.39 is 0 Å². The third-order valence-corrected chi connectivity index (χ3v) is 4.92. The van der Waals surface area contributed by atoms with Crippen LogP contribution in [0.4, 0.5) is 0 Å². The molecule has 3 rings (SSSR count). The second kappa shape index (κ2) is 10.9. The van der Waals surface area contributed by atoms with Crippen molar-refractivity contribution in [2.75, 3.05) is 18.6 Å². The molecule has 8 heteroatoms. The first-order valence-corrected chi connectivity index (χ1v) is 9.62. The average molecular weight is 405 g/mol. The monoisotopic (exact) mass is 404 g/mol. The van der Waals surface area contributed by atoms with Crippen molar-refractivity contribution in [3.8, 4) is 0 Å². The molecule has 2 aromatic rings. The fourth-order valence-electron chi connectivity index (χ4n) is 3.06. The van der Waals surface area contributed by atoms with Crippen molar-refractivity contribution in [3.05, 3.63) is 30.1 Å². The number of hydrogen-bond acceptors (Lipinski definition) is 4. The molecule has 0 saturated carbocycles. The van der Waals surface area contributed by atoms with E-state index in [2.05, 4.69) is 26.9 Å². The summed E-state index contributed by atoms with van der Waals surface area (Å²) in [5.41, 5.74) is 1.96. The number of rotatable bonds is 7. The summed E-state index contributed by atoms with van der Waals surface area (Å²) in [5.74, 6) is 1.95. The SMILES string of the molecule is CSCCC(NC(=O)CC1CCCN1)c1nc2ccccc2[nH]1.Cl.Cl. The highest BCUT2D eigenvalue weighted by Gasteiger charge is 2.22. The number of aromatic amines is 1. The van der Waals surface area contributed by atoms with Crippen molar-refractivity contribution in [3.63, 3.8) is 0 Å². The van der Waals surface area contributed by atoms with Crippen LogP contribution in [0.5, 0.6) is 0 Å². The number of carbonyl (C=O) groups is 1. The van der Waals surface area contributed by atoms with E-state index in [0.29, 0.717) is 12.5 Å². The first kappa shape index (κ1) is 22.1. The van der Waals surface area contributed by atoms with Gasteiger partial charge in [-0.2, -0.15) is 11.8 Å². The minimum Gasteiger partial charge on any atom is -0.346 e. The summed E-state index contributed by atoms with van der Waals surface area (Å²) >= 11 is 1.79. The number of para-hydroxylation sites is 2. The van der Waals surface area contributed by atoms with Crippen LogP contribution in [0.2, 0.25) is 0 Å². The minimum absolute atomic E-state index is 0. The number of amides is 1. The molecule has 140 valence electrons. The zero-order valence-corrected chi connectivity index (χ0v) is 16.7. The molecule has 2 unspecified atom stereocenters. The van der Waals surface area contributed by atoms with Gasteiger partial charge in [-0.25, -0.2) is 4.98 Å². The van der Waals surface area contributed by atoms with Crippen LogP contribution in [0.15, 0.2) is 24.3 Å². The fraction of sp³-hybridized carbons (Fsp3) is 0.529. The molecule has 3 N–H and O–H groups in total. The summed E-state index contributed by atoms with van der Waals surface area (Å²) in [5, 5.41) is 6.55. The van der Waals surface area contributed by atoms with Crippen molar-refractivity contribution in [1.82, 2.24) is 20.6 Å². The van der Waals surface area contributed by atoms with Gasteiger partial charge in [0.2, 0.25) is 5.91 Å². The normalized spacial score (nSPS) is 17.6. The molecule has 0 radical (unpaired) electrons. The number of aromatic nitrogens is 2. The molecular weight excluding hydrogens is 379 g/mol. The van der Waals surface area contributed by atoms with E-state index in [1.807, 2.05) is 24.3 Å². The van der Waals surface area contributed by atoms with Gasteiger partial charge in [0, 0.05) is 12.5 Å². The van der Waals surface area contributed by atoms with Crippen molar-refractivity contribution in [2.24, 2.45) is 0 Å². The van der Waals surface area contributed by atoms with E-state index >= 15 is 0 Å². The second-order valence-corrected chi connectivity index (χ2v) is 7.02. The van der Waals surface area contributed by atoms with Gasteiger partial charge >= 0.3 is 0 Å². The van der Waals surface area contributed by atoms with Crippen LogP contribution in [0.3, 0.4) is 0 Å². The van der Waals surface area contributed by atoms with E-state index in [0.717, 1.165) is 48.4 Å². The van der Waals surface area contributed by atoms with Gasteiger partial charge in [0.05, 0.1) is 17.1 Å². The zero-order valence-electron chi connectivity index (χ0n) is 14.3. The van der Waals surface area contributed by atoms with Crippen molar-refractivity contribution in [2.45, 2.75) is 37.8 Å². The van der Waals surface area contributed by atoms with Gasteiger partial charge in [-0.05, 0) is 49.9 Å². The third kappa shape index (κ3) is 6.06. The average Bonchev–Trinajstić information content (AvgIpc) is 3.20. The zero-order chi connectivity index (χ0) is 16.1. The molecule has 25 heavy (non-hydrogen) atoms. The second-order valence-electron chi connectivity index (χ2n) is 6.04. The Kier molecular flexibility index (Phi) is 9.64. The lowest BCUT2D eigenvalue weighted by molar-refractivity contribution is -0.122. The largest absolute Gasteiger partial charge is 0.346 e. The Labute approximate surface area is 165 Å². The first-order chi connectivity index (χ1) is 11.3. The Morgan fingerprint density at radius 3 is 2.88 bits per heavy atom. The summed E-state index contributed by atoms with van der Waals surface area (Å²) in [7, 11) is 0. The van der Waals surface area contributed by atoms with E-state index in [4.69, 9.17) is 0 Å². The van der Waals surface area contributed by atoms with E-state index in [1.54, 1.807) is 11.8 Å². The van der Waals surface area contributed by atoms with Crippen LogP contribution < -0.4 is 10.6 Å². The lowest BCUT2D eigenvalue weighted by Crippen LogP contribution is -2.34. The summed E-state index contributed by atoms with van der Waals surface area (Å²) in [6.45, 7) is 1.03. The van der Waals surface area contributed by atoms with Gasteiger partial charge in [-0.3, -0.25) is 4.79 Å². The molecule has 1 aliphatic heterocycles. The Morgan fingerprint density at radius 1 is 1.40 bits per heavy atom. The fourth-order valence-corrected chi connectivity index (χ4v) is 3.53. The highest BCUT2D eigenvalue weighted by molar-refractivity contribution is 7.98. The lowest BCUT2D eigenvalue weighted by atomic mass is 10.1. The lowest BCUT2D eigenvalue weighted by Gasteiger charge is -2.18. The van der Waals surface area contributed by atoms with Crippen molar-refractivity contribution in [1.29, 1.82) is 0 Å². The van der Waals surface area contributed by atoms with Gasteiger partial charge in [-0.1, -0.05) is 12.1 Å². The summed E-state index contributed by atoms with van der Waals surface area (Å²) in [6.07, 6.45) is 5.77.